The van der Waals surface area contributed by atoms with Crippen molar-refractivity contribution in [2.75, 3.05) is 6.54 Å². The molecule has 19 heavy (non-hydrogen) atoms. The van der Waals surface area contributed by atoms with E-state index in [2.05, 4.69) is 24.4 Å². The summed E-state index contributed by atoms with van der Waals surface area (Å²) in [5, 5.41) is 4.82. The first kappa shape index (κ1) is 14.7. The third kappa shape index (κ3) is 4.43. The highest BCUT2D eigenvalue weighted by atomic mass is 35.5. The van der Waals surface area contributed by atoms with Crippen molar-refractivity contribution in [1.82, 2.24) is 5.32 Å². The van der Waals surface area contributed by atoms with Crippen LogP contribution in [-0.2, 0) is 6.54 Å². The molecule has 0 aliphatic rings. The lowest BCUT2D eigenvalue weighted by molar-refractivity contribution is 0.726. The maximum absolute atomic E-state index is 6.31. The van der Waals surface area contributed by atoms with E-state index in [0.29, 0.717) is 0 Å². The average molecular weight is 312 g/mol. The van der Waals surface area contributed by atoms with E-state index in [0.717, 1.165) is 32.9 Å². The summed E-state index contributed by atoms with van der Waals surface area (Å²) in [6.07, 6.45) is 0. The van der Waals surface area contributed by atoms with E-state index in [9.17, 15) is 0 Å². The van der Waals surface area contributed by atoms with E-state index in [1.807, 2.05) is 30.3 Å². The first-order valence-electron chi connectivity index (χ1n) is 6.11. The van der Waals surface area contributed by atoms with E-state index in [1.165, 1.54) is 5.56 Å². The lowest BCUT2D eigenvalue weighted by Crippen LogP contribution is -2.11. The Morgan fingerprint density at radius 1 is 1.05 bits per heavy atom. The smallest absolute Gasteiger partial charge is 0.0548 e. The lowest BCUT2D eigenvalue weighted by atomic mass is 10.2. The molecule has 1 nitrogen and oxygen atoms in total. The molecule has 0 bridgehead atoms. The third-order valence-corrected chi connectivity index (χ3v) is 4.38. The van der Waals surface area contributed by atoms with Gasteiger partial charge in [0, 0.05) is 21.4 Å². The van der Waals surface area contributed by atoms with Crippen LogP contribution in [0.2, 0.25) is 10.0 Å². The predicted octanol–water partition coefficient (Wildman–Crippen LogP) is 5.25. The van der Waals surface area contributed by atoms with Crippen LogP contribution in [0, 0.1) is 0 Å². The largest absolute Gasteiger partial charge is 0.313 e. The van der Waals surface area contributed by atoms with E-state index in [1.54, 1.807) is 11.8 Å². The summed E-state index contributed by atoms with van der Waals surface area (Å²) in [6.45, 7) is 3.90. The topological polar surface area (TPSA) is 12.0 Å². The first-order chi connectivity index (χ1) is 9.19. The molecule has 0 unspecified atom stereocenters. The molecule has 100 valence electrons. The Bertz CT molecular complexity index is 540. The van der Waals surface area contributed by atoms with Gasteiger partial charge in [0.05, 0.1) is 5.02 Å². The molecule has 0 saturated carbocycles. The molecular weight excluding hydrogens is 297 g/mol. The van der Waals surface area contributed by atoms with Crippen LogP contribution in [0.25, 0.3) is 0 Å². The molecule has 1 N–H and O–H groups in total. The van der Waals surface area contributed by atoms with Gasteiger partial charge >= 0.3 is 0 Å². The Morgan fingerprint density at radius 3 is 2.42 bits per heavy atom. The molecule has 0 atom stereocenters. The van der Waals surface area contributed by atoms with Gasteiger partial charge in [0.1, 0.15) is 0 Å². The van der Waals surface area contributed by atoms with Gasteiger partial charge in [0.15, 0.2) is 0 Å². The number of hydrogen-bond acceptors (Lipinski definition) is 2. The van der Waals surface area contributed by atoms with Gasteiger partial charge < -0.3 is 5.32 Å². The zero-order valence-electron chi connectivity index (χ0n) is 10.6. The van der Waals surface area contributed by atoms with Gasteiger partial charge in [0.25, 0.3) is 0 Å². The molecule has 0 aliphatic carbocycles. The molecule has 0 amide bonds. The standard InChI is InChI=1S/C15H15Cl2NS/c1-2-18-10-11-3-8-15(14(17)9-11)19-13-6-4-12(16)5-7-13/h3-9,18H,2,10H2,1H3. The van der Waals surface area contributed by atoms with Crippen LogP contribution in [0.4, 0.5) is 0 Å². The zero-order chi connectivity index (χ0) is 13.7. The Labute approximate surface area is 128 Å². The summed E-state index contributed by atoms with van der Waals surface area (Å²) in [5.41, 5.74) is 1.20. The molecule has 0 fully saturated rings. The van der Waals surface area contributed by atoms with Crippen molar-refractivity contribution < 1.29 is 0 Å². The van der Waals surface area contributed by atoms with Crippen LogP contribution >= 0.6 is 35.0 Å². The highest BCUT2D eigenvalue weighted by molar-refractivity contribution is 7.99. The van der Waals surface area contributed by atoms with E-state index in [4.69, 9.17) is 23.2 Å². The van der Waals surface area contributed by atoms with Crippen LogP contribution < -0.4 is 5.32 Å². The second-order valence-corrected chi connectivity index (χ2v) is 6.06. The summed E-state index contributed by atoms with van der Waals surface area (Å²) >= 11 is 13.8. The molecule has 0 spiro atoms. The summed E-state index contributed by atoms with van der Waals surface area (Å²) in [4.78, 5) is 2.19. The summed E-state index contributed by atoms with van der Waals surface area (Å²) in [7, 11) is 0. The van der Waals surface area contributed by atoms with E-state index >= 15 is 0 Å². The minimum Gasteiger partial charge on any atom is -0.313 e. The molecule has 0 saturated heterocycles. The van der Waals surface area contributed by atoms with Crippen molar-refractivity contribution in [1.29, 1.82) is 0 Å². The molecular formula is C15H15Cl2NS. The van der Waals surface area contributed by atoms with Crippen molar-refractivity contribution in [2.24, 2.45) is 0 Å². The van der Waals surface area contributed by atoms with Crippen LogP contribution in [0.15, 0.2) is 52.3 Å². The highest BCUT2D eigenvalue weighted by Gasteiger charge is 2.04. The Morgan fingerprint density at radius 2 is 1.79 bits per heavy atom. The SMILES string of the molecule is CCNCc1ccc(Sc2ccc(Cl)cc2)c(Cl)c1. The molecule has 2 aromatic rings. The van der Waals surface area contributed by atoms with Crippen LogP contribution in [0.3, 0.4) is 0 Å². The van der Waals surface area contributed by atoms with Gasteiger partial charge in [-0.15, -0.1) is 0 Å². The number of nitrogens with one attached hydrogen (secondary N) is 1. The molecule has 0 aromatic heterocycles. The number of halogens is 2. The van der Waals surface area contributed by atoms with Gasteiger partial charge in [-0.3, -0.25) is 0 Å². The second-order valence-electron chi connectivity index (χ2n) is 4.10. The van der Waals surface area contributed by atoms with Crippen LogP contribution in [0.1, 0.15) is 12.5 Å². The minimum absolute atomic E-state index is 0.747. The predicted molar refractivity (Wildman–Crippen MR) is 84.4 cm³/mol. The molecule has 0 heterocycles. The molecule has 0 radical (unpaired) electrons. The van der Waals surface area contributed by atoms with E-state index in [-0.39, 0.29) is 0 Å². The van der Waals surface area contributed by atoms with Crippen molar-refractivity contribution in [2.45, 2.75) is 23.3 Å². The highest BCUT2D eigenvalue weighted by Crippen LogP contribution is 2.34. The van der Waals surface area contributed by atoms with Gasteiger partial charge in [-0.05, 0) is 48.5 Å². The van der Waals surface area contributed by atoms with Gasteiger partial charge in [-0.25, -0.2) is 0 Å². The van der Waals surface area contributed by atoms with Crippen molar-refractivity contribution in [3.05, 3.63) is 58.1 Å². The minimum atomic E-state index is 0.747. The summed E-state index contributed by atoms with van der Waals surface area (Å²) in [6, 6.07) is 13.9. The van der Waals surface area contributed by atoms with Crippen LogP contribution in [0.5, 0.6) is 0 Å². The fourth-order valence-corrected chi connectivity index (χ4v) is 2.90. The fourth-order valence-electron chi connectivity index (χ4n) is 1.64. The molecule has 0 aliphatic heterocycles. The maximum Gasteiger partial charge on any atom is 0.0548 e. The second kappa shape index (κ2) is 7.20. The monoisotopic (exact) mass is 311 g/mol. The Balaban J connectivity index is 2.10. The quantitative estimate of drug-likeness (QED) is 0.809. The average Bonchev–Trinajstić information content (AvgIpc) is 2.41. The van der Waals surface area contributed by atoms with Gasteiger partial charge in [-0.1, -0.05) is 48.0 Å². The zero-order valence-corrected chi connectivity index (χ0v) is 12.9. The molecule has 2 rings (SSSR count). The Hall–Kier alpha value is -0.670. The van der Waals surface area contributed by atoms with E-state index < -0.39 is 0 Å². The first-order valence-corrected chi connectivity index (χ1v) is 7.69. The molecule has 4 heteroatoms. The normalized spacial score (nSPS) is 10.7. The number of hydrogen-bond donors (Lipinski definition) is 1. The number of benzene rings is 2. The third-order valence-electron chi connectivity index (χ3n) is 2.62. The van der Waals surface area contributed by atoms with Crippen molar-refractivity contribution in [3.63, 3.8) is 0 Å². The van der Waals surface area contributed by atoms with Crippen LogP contribution in [-0.4, -0.2) is 6.54 Å². The maximum atomic E-state index is 6.31. The number of rotatable bonds is 5. The van der Waals surface area contributed by atoms with Gasteiger partial charge in [-0.2, -0.15) is 0 Å². The lowest BCUT2D eigenvalue weighted by Gasteiger charge is -2.07. The summed E-state index contributed by atoms with van der Waals surface area (Å²) < 4.78 is 0. The van der Waals surface area contributed by atoms with Crippen molar-refractivity contribution in [3.8, 4) is 0 Å². The molecule has 2 aromatic carbocycles. The Kier molecular flexibility index (Phi) is 5.59. The fraction of sp³-hybridized carbons (Fsp3) is 0.200. The van der Waals surface area contributed by atoms with Gasteiger partial charge in [0.2, 0.25) is 0 Å². The van der Waals surface area contributed by atoms with Crippen molar-refractivity contribution >= 4 is 35.0 Å². The summed E-state index contributed by atoms with van der Waals surface area (Å²) in [5.74, 6) is 0.